The number of piperidine rings is 1. The summed E-state index contributed by atoms with van der Waals surface area (Å²) in [7, 11) is 0. The van der Waals surface area contributed by atoms with Crippen molar-refractivity contribution >= 4 is 11.8 Å². The van der Waals surface area contributed by atoms with Gasteiger partial charge in [-0.05, 0) is 43.2 Å². The van der Waals surface area contributed by atoms with Crippen LogP contribution in [0.4, 0.5) is 4.39 Å². The Morgan fingerprint density at radius 1 is 1.28 bits per heavy atom. The number of nitrogens with two attached hydrogens (primary N) is 1. The van der Waals surface area contributed by atoms with E-state index in [-0.39, 0.29) is 24.2 Å². The molecule has 6 nitrogen and oxygen atoms in total. The zero-order valence-electron chi connectivity index (χ0n) is 13.7. The van der Waals surface area contributed by atoms with Crippen molar-refractivity contribution < 1.29 is 18.7 Å². The minimum atomic E-state index is -0.473. The van der Waals surface area contributed by atoms with Crippen LogP contribution in [0, 0.1) is 5.82 Å². The number of ether oxygens (including phenoxy) is 1. The van der Waals surface area contributed by atoms with E-state index in [1.807, 2.05) is 0 Å². The van der Waals surface area contributed by atoms with Crippen LogP contribution in [0.25, 0.3) is 0 Å². The molecule has 3 rings (SSSR count). The molecular formula is C18H20FN3O3. The fraction of sp³-hybridized carbons (Fsp3) is 0.333. The van der Waals surface area contributed by atoms with E-state index in [1.165, 1.54) is 24.3 Å². The summed E-state index contributed by atoms with van der Waals surface area (Å²) in [4.78, 5) is 28.7. The number of benzene rings is 1. The molecular weight excluding hydrogens is 325 g/mol. The van der Waals surface area contributed by atoms with E-state index in [0.717, 1.165) is 18.5 Å². The molecule has 2 heterocycles. The topological polar surface area (TPSA) is 88.4 Å². The lowest BCUT2D eigenvalue weighted by atomic mass is 9.92. The minimum Gasteiger partial charge on any atom is -0.484 e. The molecule has 1 aliphatic rings. The molecule has 0 spiro atoms. The monoisotopic (exact) mass is 345 g/mol. The predicted octanol–water partition coefficient (Wildman–Crippen LogP) is 2.04. The molecule has 1 aromatic carbocycles. The molecule has 0 bridgehead atoms. The molecule has 132 valence electrons. The van der Waals surface area contributed by atoms with Crippen molar-refractivity contribution in [1.82, 2.24) is 9.88 Å². The quantitative estimate of drug-likeness (QED) is 0.869. The number of carbonyl (C=O) groups is 2. The number of likely N-dealkylation sites (tertiary alicyclic amines) is 1. The summed E-state index contributed by atoms with van der Waals surface area (Å²) in [5, 5.41) is 0. The van der Waals surface area contributed by atoms with Gasteiger partial charge in [-0.3, -0.25) is 9.59 Å². The Morgan fingerprint density at radius 3 is 2.76 bits per heavy atom. The second-order valence-electron chi connectivity index (χ2n) is 6.09. The van der Waals surface area contributed by atoms with Crippen LogP contribution in [0.3, 0.4) is 0 Å². The molecule has 1 fully saturated rings. The number of primary amides is 1. The van der Waals surface area contributed by atoms with Gasteiger partial charge in [0, 0.05) is 30.9 Å². The van der Waals surface area contributed by atoms with Gasteiger partial charge < -0.3 is 20.4 Å². The minimum absolute atomic E-state index is 0.0426. The van der Waals surface area contributed by atoms with Gasteiger partial charge >= 0.3 is 0 Å². The summed E-state index contributed by atoms with van der Waals surface area (Å²) in [6, 6.07) is 7.20. The summed E-state index contributed by atoms with van der Waals surface area (Å²) >= 11 is 0. The molecule has 3 N–H and O–H groups in total. The highest BCUT2D eigenvalue weighted by Crippen LogP contribution is 2.28. The number of carbonyl (C=O) groups excluding carboxylic acids is 2. The maximum absolute atomic E-state index is 12.9. The lowest BCUT2D eigenvalue weighted by Gasteiger charge is -2.32. The maximum Gasteiger partial charge on any atom is 0.260 e. The van der Waals surface area contributed by atoms with Gasteiger partial charge in [0.15, 0.2) is 6.61 Å². The zero-order valence-corrected chi connectivity index (χ0v) is 13.7. The van der Waals surface area contributed by atoms with Crippen molar-refractivity contribution in [3.05, 3.63) is 53.6 Å². The average Bonchev–Trinajstić information content (AvgIpc) is 3.11. The second kappa shape index (κ2) is 7.38. The molecule has 2 aromatic rings. The molecule has 0 saturated carbocycles. The Bertz CT molecular complexity index is 757. The van der Waals surface area contributed by atoms with Gasteiger partial charge in [-0.2, -0.15) is 0 Å². The van der Waals surface area contributed by atoms with Crippen molar-refractivity contribution in [2.75, 3.05) is 19.7 Å². The van der Waals surface area contributed by atoms with Crippen LogP contribution < -0.4 is 10.5 Å². The molecule has 7 heteroatoms. The van der Waals surface area contributed by atoms with Crippen LogP contribution >= 0.6 is 0 Å². The number of aromatic amines is 1. The molecule has 2 amide bonds. The first-order valence-corrected chi connectivity index (χ1v) is 8.18. The number of nitrogens with one attached hydrogen (secondary N) is 1. The third kappa shape index (κ3) is 3.99. The number of aromatic nitrogens is 1. The van der Waals surface area contributed by atoms with E-state index >= 15 is 0 Å². The summed E-state index contributed by atoms with van der Waals surface area (Å²) in [6.45, 7) is 1.05. The van der Waals surface area contributed by atoms with Gasteiger partial charge in [-0.15, -0.1) is 0 Å². The summed E-state index contributed by atoms with van der Waals surface area (Å²) < 4.78 is 18.3. The number of halogens is 1. The van der Waals surface area contributed by atoms with Crippen molar-refractivity contribution in [3.8, 4) is 5.75 Å². The maximum atomic E-state index is 12.9. The Morgan fingerprint density at radius 2 is 2.04 bits per heavy atom. The van der Waals surface area contributed by atoms with Gasteiger partial charge in [0.2, 0.25) is 0 Å². The lowest BCUT2D eigenvalue weighted by Crippen LogP contribution is -2.42. The molecule has 1 aliphatic heterocycles. The number of nitrogens with zero attached hydrogens (tertiary/aromatic N) is 1. The van der Waals surface area contributed by atoms with Crippen LogP contribution in [0.1, 0.15) is 34.8 Å². The first kappa shape index (κ1) is 17.0. The second-order valence-corrected chi connectivity index (χ2v) is 6.09. The van der Waals surface area contributed by atoms with Gasteiger partial charge in [0.25, 0.3) is 11.8 Å². The van der Waals surface area contributed by atoms with Crippen molar-refractivity contribution in [2.45, 2.75) is 18.8 Å². The van der Waals surface area contributed by atoms with Crippen molar-refractivity contribution in [3.63, 3.8) is 0 Å². The average molecular weight is 345 g/mol. The van der Waals surface area contributed by atoms with E-state index in [0.29, 0.717) is 24.4 Å². The van der Waals surface area contributed by atoms with Crippen LogP contribution in [-0.2, 0) is 4.79 Å². The number of amides is 2. The van der Waals surface area contributed by atoms with E-state index in [2.05, 4.69) is 4.98 Å². The Labute approximate surface area is 144 Å². The highest BCUT2D eigenvalue weighted by atomic mass is 19.1. The molecule has 1 saturated heterocycles. The summed E-state index contributed by atoms with van der Waals surface area (Å²) in [5.41, 5.74) is 6.65. The Balaban J connectivity index is 1.60. The van der Waals surface area contributed by atoms with Gasteiger partial charge in [-0.25, -0.2) is 4.39 Å². The van der Waals surface area contributed by atoms with E-state index < -0.39 is 5.91 Å². The number of rotatable bonds is 5. The summed E-state index contributed by atoms with van der Waals surface area (Å²) in [5.74, 6) is -0.473. The van der Waals surface area contributed by atoms with Crippen LogP contribution in [0.15, 0.2) is 36.5 Å². The van der Waals surface area contributed by atoms with Crippen LogP contribution in [-0.4, -0.2) is 41.4 Å². The summed E-state index contributed by atoms with van der Waals surface area (Å²) in [6.07, 6.45) is 3.40. The fourth-order valence-corrected chi connectivity index (χ4v) is 3.14. The largest absolute Gasteiger partial charge is 0.484 e. The van der Waals surface area contributed by atoms with Crippen molar-refractivity contribution in [1.29, 1.82) is 0 Å². The standard InChI is InChI=1S/C18H20FN3O3/c19-13-3-5-14(6-4-13)25-11-16(23)22-9-1-2-12(10-22)17-15(18(20)24)7-8-21-17/h3-8,12,21H,1-2,9-11H2,(H2,20,24). The number of hydrogen-bond acceptors (Lipinski definition) is 3. The SMILES string of the molecule is NC(=O)c1cc[nH]c1C1CCCN(C(=O)COc2ccc(F)cc2)C1. The van der Waals surface area contributed by atoms with Crippen LogP contribution in [0.2, 0.25) is 0 Å². The van der Waals surface area contributed by atoms with Crippen LogP contribution in [0.5, 0.6) is 5.75 Å². The number of H-pyrrole nitrogens is 1. The normalized spacial score (nSPS) is 17.3. The highest BCUT2D eigenvalue weighted by molar-refractivity contribution is 5.94. The molecule has 25 heavy (non-hydrogen) atoms. The Kier molecular flexibility index (Phi) is 5.02. The molecule has 0 aliphatic carbocycles. The van der Waals surface area contributed by atoms with E-state index in [4.69, 9.17) is 10.5 Å². The molecule has 1 unspecified atom stereocenters. The Hall–Kier alpha value is -2.83. The first-order valence-electron chi connectivity index (χ1n) is 8.18. The smallest absolute Gasteiger partial charge is 0.260 e. The molecule has 1 aromatic heterocycles. The third-order valence-corrected chi connectivity index (χ3v) is 4.40. The van der Waals surface area contributed by atoms with Gasteiger partial charge in [-0.1, -0.05) is 0 Å². The molecule has 0 radical (unpaired) electrons. The predicted molar refractivity (Wildman–Crippen MR) is 89.8 cm³/mol. The lowest BCUT2D eigenvalue weighted by molar-refractivity contribution is -0.134. The van der Waals surface area contributed by atoms with Crippen molar-refractivity contribution in [2.24, 2.45) is 5.73 Å². The first-order chi connectivity index (χ1) is 12.0. The van der Waals surface area contributed by atoms with Gasteiger partial charge in [0.05, 0.1) is 5.56 Å². The van der Waals surface area contributed by atoms with E-state index in [1.54, 1.807) is 17.2 Å². The van der Waals surface area contributed by atoms with E-state index in [9.17, 15) is 14.0 Å². The van der Waals surface area contributed by atoms with Gasteiger partial charge in [0.1, 0.15) is 11.6 Å². The highest BCUT2D eigenvalue weighted by Gasteiger charge is 2.28. The zero-order chi connectivity index (χ0) is 17.8. The number of hydrogen-bond donors (Lipinski definition) is 2. The fourth-order valence-electron chi connectivity index (χ4n) is 3.14. The molecule has 1 atom stereocenters. The third-order valence-electron chi connectivity index (χ3n) is 4.40.